The van der Waals surface area contributed by atoms with Crippen LogP contribution >= 0.6 is 68.8 Å². The zero-order valence-corrected chi connectivity index (χ0v) is 69.4. The first-order valence-corrected chi connectivity index (χ1v) is 43.5. The van der Waals surface area contributed by atoms with Gasteiger partial charge in [0.05, 0.1) is 94.3 Å². The molecule has 5 aliphatic heterocycles. The van der Waals surface area contributed by atoms with Crippen molar-refractivity contribution < 1.29 is 107 Å². The molecule has 5 saturated heterocycles. The molecule has 0 aliphatic carbocycles. The van der Waals surface area contributed by atoms with E-state index in [9.17, 15) is 92.7 Å². The number of nitrogens with zero attached hydrogens (tertiary/aromatic N) is 11. The van der Waals surface area contributed by atoms with Crippen LogP contribution in [0.5, 0.6) is 11.5 Å². The highest BCUT2D eigenvalue weighted by Gasteiger charge is 2.57. The number of sulfonamides is 1. The first-order chi connectivity index (χ1) is 54.0. The molecule has 0 amide bonds. The number of halogens is 6. The lowest BCUT2D eigenvalue weighted by molar-refractivity contribution is -0.195. The number of aliphatic hydroxyl groups is 2. The van der Waals surface area contributed by atoms with Crippen LogP contribution in [0, 0.1) is 18.3 Å². The Bertz CT molecular complexity index is 5330. The molecule has 46 heteroatoms. The number of aromatic carboxylic acids is 1. The molecule has 115 heavy (non-hydrogen) atoms. The highest BCUT2D eigenvalue weighted by atomic mass is 35.5. The molecule has 7 atom stereocenters. The zero-order valence-electron chi connectivity index (χ0n) is 62.2. The summed E-state index contributed by atoms with van der Waals surface area (Å²) in [5.41, 5.74) is -0.484. The number of methoxy groups -OCH3 is 2. The van der Waals surface area contributed by atoms with Gasteiger partial charge in [-0.05, 0) is 93.3 Å². The van der Waals surface area contributed by atoms with E-state index in [0.717, 1.165) is 44.9 Å². The standard InChI is InChI=1S/C24H26ClN5O7S2.C23H32ClN5O7S2.C22H22ClF3N4O6S2/c1-37-21-20(16-11-29(12-16)39(35,36)28-8-7-17(31)13-28)27-30(22(21)26-10-18-5-6-19(25)38-18)23(32)14-3-2-4-15(9-14)24(33)34;1-23(2,3)22(33)29-20(25-11-14-5-6-16(24)37-14)19(36-4)17(26-29)15-8-10-28(18(15)21(31)32)38(34,35)27-9-7-13(30)12-27;1-11-13(6-8-36-11)20(31)30-17(27-10-12-3-4-16(23)37-12)9-15(28-30)18-14(22(24,25)26)5-7-29(38(2,34)35)19(18)21(32)33/h2-6,9,16-17,26,31H,7-8,10-13H2,1H3,(H,33,34);5-6,13,15,18,25,30H,7-12H2,1-4H3,(H,31,32);3-4,6,8-9,14,18-19,27H,5,7,10H2,1-2H3,(H,32,33). The van der Waals surface area contributed by atoms with Crippen LogP contribution in [0.25, 0.3) is 0 Å². The number of carboxylic acid groups (broad SMARTS) is 3. The van der Waals surface area contributed by atoms with Crippen LogP contribution in [0.3, 0.4) is 0 Å². The zero-order chi connectivity index (χ0) is 83.9. The summed E-state index contributed by atoms with van der Waals surface area (Å²) in [5, 5.41) is 71.5. The lowest BCUT2D eigenvalue weighted by Gasteiger charge is -2.41. The van der Waals surface area contributed by atoms with Crippen LogP contribution in [0.4, 0.5) is 30.6 Å². The summed E-state index contributed by atoms with van der Waals surface area (Å²) >= 11 is 22.0. The number of aryl methyl sites for hydroxylation is 1. The summed E-state index contributed by atoms with van der Waals surface area (Å²) < 4.78 is 146. The van der Waals surface area contributed by atoms with Gasteiger partial charge in [-0.3, -0.25) is 24.0 Å². The normalized spacial score (nSPS) is 20.9. The fourth-order valence-corrected chi connectivity index (χ4v) is 21.7. The molecule has 12 heterocycles. The predicted octanol–water partition coefficient (Wildman–Crippen LogP) is 8.96. The van der Waals surface area contributed by atoms with Crippen molar-refractivity contribution in [3.63, 3.8) is 0 Å². The second-order valence-electron chi connectivity index (χ2n) is 28.4. The lowest BCUT2D eigenvalue weighted by Crippen LogP contribution is -2.56. The van der Waals surface area contributed by atoms with Crippen LogP contribution in [0.2, 0.25) is 13.0 Å². The number of β-amino-alcohol motifs (C(OH)–C–C–N with tert-alkyl or cyclic N) is 2. The topological polar surface area (TPSA) is 443 Å². The number of carbonyl (C=O) groups is 6. The number of alkyl halides is 3. The maximum atomic E-state index is 14.1. The number of anilines is 3. The summed E-state index contributed by atoms with van der Waals surface area (Å²) in [7, 11) is -9.25. The minimum Gasteiger partial charge on any atom is -0.491 e. The molecule has 0 radical (unpaired) electrons. The monoisotopic (exact) mass is 1780 g/mol. The summed E-state index contributed by atoms with van der Waals surface area (Å²) in [6.45, 7) is 7.38. The average Bonchev–Trinajstić information content (AvgIpc) is 1.67. The van der Waals surface area contributed by atoms with Crippen molar-refractivity contribution in [2.75, 3.05) is 88.8 Å². The van der Waals surface area contributed by atoms with Crippen LogP contribution in [-0.4, -0.2) is 241 Å². The number of thiophene rings is 3. The number of carboxylic acids is 3. The van der Waals surface area contributed by atoms with Crippen molar-refractivity contribution in [3.8, 4) is 11.5 Å². The number of aromatic nitrogens is 6. The van der Waals surface area contributed by atoms with Gasteiger partial charge in [0.15, 0.2) is 23.1 Å². The van der Waals surface area contributed by atoms with Gasteiger partial charge in [0.2, 0.25) is 10.0 Å². The molecule has 8 aromatic rings. The summed E-state index contributed by atoms with van der Waals surface area (Å²) in [4.78, 5) is 78.9. The van der Waals surface area contributed by atoms with Gasteiger partial charge in [0.1, 0.15) is 35.0 Å². The number of rotatable bonds is 24. The van der Waals surface area contributed by atoms with Gasteiger partial charge >= 0.3 is 24.1 Å². The minimum atomic E-state index is -4.86. The number of hydrogen-bond donors (Lipinski definition) is 8. The van der Waals surface area contributed by atoms with Crippen molar-refractivity contribution >= 4 is 152 Å². The van der Waals surface area contributed by atoms with E-state index in [-0.39, 0.29) is 128 Å². The molecule has 7 unspecified atom stereocenters. The second kappa shape index (κ2) is 35.2. The maximum Gasteiger partial charge on any atom is 0.392 e. The molecule has 0 bridgehead atoms. The van der Waals surface area contributed by atoms with E-state index in [1.807, 2.05) is 12.1 Å². The van der Waals surface area contributed by atoms with Crippen molar-refractivity contribution in [2.45, 2.75) is 121 Å². The Morgan fingerprint density at radius 2 is 1.11 bits per heavy atom. The van der Waals surface area contributed by atoms with E-state index in [2.05, 4.69) is 31.2 Å². The van der Waals surface area contributed by atoms with Crippen LogP contribution < -0.4 is 25.4 Å². The maximum absolute atomic E-state index is 14.1. The number of hydrogen-bond acceptors (Lipinski definition) is 26. The van der Waals surface area contributed by atoms with Crippen molar-refractivity contribution in [1.82, 2.24) is 50.9 Å². The SMILES string of the molecule is COc1c(C2CCN(S(=O)(=O)N3CCC(O)C3)C2C(=O)O)nn(C(=O)C(C)(C)C)c1NCc1ccc(Cl)s1.COc1c(C2CN(S(=O)(=O)N3CCC(O)C3)C2)nn(C(=O)c2cccc(C(=O)O)c2)c1NCc1ccc(Cl)s1.Cc1occc1C(=O)n1nc(C2C(C(=O)O)N(S(C)(=O)=O)CCC2C(F)(F)F)cc1NCc1ccc(Cl)s1. The Balaban J connectivity index is 0.000000170. The van der Waals surface area contributed by atoms with Crippen LogP contribution in [-0.2, 0) is 59.7 Å². The minimum absolute atomic E-state index is 0.0170. The fourth-order valence-electron chi connectivity index (χ4n) is 13.9. The number of aliphatic carboxylic acids is 2. The van der Waals surface area contributed by atoms with Crippen molar-refractivity contribution in [1.29, 1.82) is 0 Å². The first-order valence-electron chi connectivity index (χ1n) is 35.3. The third kappa shape index (κ3) is 19.2. The quantitative estimate of drug-likeness (QED) is 0.0280. The Labute approximate surface area is 684 Å². The number of carbonyl (C=O) groups excluding carboxylic acids is 3. The van der Waals surface area contributed by atoms with Gasteiger partial charge in [-0.1, -0.05) is 61.6 Å². The Morgan fingerprint density at radius 3 is 1.58 bits per heavy atom. The number of ether oxygens (including phenoxy) is 2. The Morgan fingerprint density at radius 1 is 0.600 bits per heavy atom. The number of nitrogens with one attached hydrogen (secondary N) is 3. The lowest BCUT2D eigenvalue weighted by atomic mass is 9.78. The average molecular weight is 1780 g/mol. The second-order valence-corrected chi connectivity index (χ2v) is 39.5. The molecule has 5 fully saturated rings. The molecule has 34 nitrogen and oxygen atoms in total. The summed E-state index contributed by atoms with van der Waals surface area (Å²) in [5.74, 6) is -10.1. The van der Waals surface area contributed by atoms with Gasteiger partial charge in [-0.2, -0.15) is 80.9 Å². The van der Waals surface area contributed by atoms with E-state index in [1.54, 1.807) is 45.0 Å². The number of piperidine rings is 1. The molecule has 13 rings (SSSR count). The molecule has 8 N–H and O–H groups in total. The highest BCUT2D eigenvalue weighted by molar-refractivity contribution is 7.88. The Hall–Kier alpha value is -8.12. The molecular weight excluding hydrogens is 1700 g/mol. The highest BCUT2D eigenvalue weighted by Crippen LogP contribution is 2.49. The molecule has 0 spiro atoms. The number of aliphatic hydroxyl groups excluding tert-OH is 2. The van der Waals surface area contributed by atoms with Crippen molar-refractivity contribution in [2.24, 2.45) is 11.3 Å². The van der Waals surface area contributed by atoms with Gasteiger partial charge in [0, 0.05) is 102 Å². The third-order valence-corrected chi connectivity index (χ3v) is 28.5. The fraction of sp³-hybridized carbons (Fsp3) is 0.464. The molecular formula is C69H80Cl3F3N14O20S6. The van der Waals surface area contributed by atoms with Crippen LogP contribution in [0.1, 0.15) is 138 Å². The number of furan rings is 1. The van der Waals surface area contributed by atoms with Crippen LogP contribution in [0.15, 0.2) is 83.5 Å². The van der Waals surface area contributed by atoms with E-state index in [1.165, 1.54) is 105 Å². The summed E-state index contributed by atoms with van der Waals surface area (Å²) in [6, 6.07) is 15.1. The predicted molar refractivity (Wildman–Crippen MR) is 418 cm³/mol. The molecule has 5 aliphatic rings. The van der Waals surface area contributed by atoms with E-state index < -0.39 is 132 Å². The Kier molecular flexibility index (Phi) is 26.9. The first kappa shape index (κ1) is 87.7. The van der Waals surface area contributed by atoms with E-state index in [0.29, 0.717) is 48.3 Å². The molecule has 1 aromatic carbocycles. The van der Waals surface area contributed by atoms with Gasteiger partial charge < -0.3 is 55.4 Å². The molecule has 7 aromatic heterocycles. The molecule has 0 saturated carbocycles. The van der Waals surface area contributed by atoms with Gasteiger partial charge in [-0.25, -0.2) is 13.2 Å². The van der Waals surface area contributed by atoms with Gasteiger partial charge in [-0.15, -0.1) is 34.0 Å². The largest absolute Gasteiger partial charge is 0.491 e. The van der Waals surface area contributed by atoms with E-state index in [4.69, 9.17) is 48.7 Å². The number of benzene rings is 1. The smallest absolute Gasteiger partial charge is 0.392 e. The van der Waals surface area contributed by atoms with E-state index >= 15 is 0 Å². The summed E-state index contributed by atoms with van der Waals surface area (Å²) in [6.07, 6.45) is -4.18. The molecule has 624 valence electrons. The third-order valence-electron chi connectivity index (χ3n) is 19.6. The van der Waals surface area contributed by atoms with Gasteiger partial charge in [0.25, 0.3) is 38.1 Å². The van der Waals surface area contributed by atoms with Crippen molar-refractivity contribution in [3.05, 3.63) is 146 Å².